The summed E-state index contributed by atoms with van der Waals surface area (Å²) in [5.41, 5.74) is 3.40. The van der Waals surface area contributed by atoms with Crippen molar-refractivity contribution in [1.82, 2.24) is 10.3 Å². The molecule has 0 amide bonds. The molecule has 118 valence electrons. The molecule has 1 heterocycles. The summed E-state index contributed by atoms with van der Waals surface area (Å²) in [7, 11) is 1.71. The van der Waals surface area contributed by atoms with Crippen LogP contribution in [0.25, 0.3) is 11.3 Å². The molecule has 1 saturated carbocycles. The van der Waals surface area contributed by atoms with E-state index in [1.165, 1.54) is 36.3 Å². The average molecular weight is 316 g/mol. The fraction of sp³-hybridized carbons (Fsp3) is 0.500. The largest absolute Gasteiger partial charge is 0.496 e. The van der Waals surface area contributed by atoms with Gasteiger partial charge in [0, 0.05) is 30.0 Å². The second-order valence-electron chi connectivity index (χ2n) is 6.00. The van der Waals surface area contributed by atoms with Gasteiger partial charge in [-0.3, -0.25) is 0 Å². The zero-order valence-corrected chi connectivity index (χ0v) is 14.2. The first-order valence-corrected chi connectivity index (χ1v) is 8.97. The Morgan fingerprint density at radius 2 is 2.14 bits per heavy atom. The Labute approximate surface area is 136 Å². The minimum Gasteiger partial charge on any atom is -0.496 e. The monoisotopic (exact) mass is 316 g/mol. The maximum Gasteiger partial charge on any atom is 0.121 e. The van der Waals surface area contributed by atoms with Gasteiger partial charge in [0.05, 0.1) is 17.8 Å². The highest BCUT2D eigenvalue weighted by Gasteiger charge is 2.14. The van der Waals surface area contributed by atoms with Gasteiger partial charge in [-0.2, -0.15) is 0 Å². The van der Waals surface area contributed by atoms with E-state index in [4.69, 9.17) is 9.72 Å². The molecule has 3 nitrogen and oxygen atoms in total. The highest BCUT2D eigenvalue weighted by Crippen LogP contribution is 2.27. The van der Waals surface area contributed by atoms with Crippen molar-refractivity contribution < 1.29 is 4.74 Å². The van der Waals surface area contributed by atoms with Crippen molar-refractivity contribution in [2.45, 2.75) is 45.1 Å². The molecule has 1 aromatic heterocycles. The minimum atomic E-state index is 0.740. The fourth-order valence-electron chi connectivity index (χ4n) is 3.11. The fourth-order valence-corrected chi connectivity index (χ4v) is 3.92. The van der Waals surface area contributed by atoms with E-state index >= 15 is 0 Å². The summed E-state index contributed by atoms with van der Waals surface area (Å²) in [5.74, 6) is 0.931. The van der Waals surface area contributed by atoms with E-state index < -0.39 is 0 Å². The number of hydrogen-bond donors (Lipinski definition) is 1. The summed E-state index contributed by atoms with van der Waals surface area (Å²) in [6.07, 6.45) is 6.48. The van der Waals surface area contributed by atoms with Crippen LogP contribution in [0, 0.1) is 6.92 Å². The van der Waals surface area contributed by atoms with Gasteiger partial charge in [0.2, 0.25) is 0 Å². The molecular weight excluding hydrogens is 292 g/mol. The van der Waals surface area contributed by atoms with Crippen LogP contribution in [0.3, 0.4) is 0 Å². The number of nitrogens with one attached hydrogen (secondary N) is 1. The van der Waals surface area contributed by atoms with E-state index in [0.29, 0.717) is 0 Å². The molecule has 1 aromatic carbocycles. The molecule has 0 aliphatic heterocycles. The third-order valence-corrected chi connectivity index (χ3v) is 5.28. The Kier molecular flexibility index (Phi) is 5.11. The third kappa shape index (κ3) is 3.68. The third-order valence-electron chi connectivity index (χ3n) is 4.37. The molecule has 1 fully saturated rings. The van der Waals surface area contributed by atoms with Gasteiger partial charge in [-0.05, 0) is 43.5 Å². The number of benzene rings is 1. The van der Waals surface area contributed by atoms with Crippen LogP contribution >= 0.6 is 11.3 Å². The van der Waals surface area contributed by atoms with E-state index in [2.05, 4.69) is 29.8 Å². The Bertz CT molecular complexity index is 617. The van der Waals surface area contributed by atoms with E-state index in [1.54, 1.807) is 18.4 Å². The summed E-state index contributed by atoms with van der Waals surface area (Å²) in [6, 6.07) is 6.99. The molecule has 1 aliphatic rings. The van der Waals surface area contributed by atoms with Crippen molar-refractivity contribution in [3.05, 3.63) is 34.2 Å². The minimum absolute atomic E-state index is 0.740. The van der Waals surface area contributed by atoms with Gasteiger partial charge in [-0.15, -0.1) is 11.3 Å². The Morgan fingerprint density at radius 3 is 2.86 bits per heavy atom. The van der Waals surface area contributed by atoms with Crippen LogP contribution in [0.5, 0.6) is 5.75 Å². The summed E-state index contributed by atoms with van der Waals surface area (Å²) >= 11 is 1.76. The SMILES string of the molecule is COc1ccc(-c2csc(CCNC3CCCC3)n2)cc1C. The van der Waals surface area contributed by atoms with Gasteiger partial charge in [-0.25, -0.2) is 4.98 Å². The number of aryl methyl sites for hydroxylation is 1. The molecule has 0 radical (unpaired) electrons. The van der Waals surface area contributed by atoms with E-state index in [9.17, 15) is 0 Å². The molecule has 0 unspecified atom stereocenters. The number of thiazole rings is 1. The van der Waals surface area contributed by atoms with Crippen LogP contribution in [0.1, 0.15) is 36.3 Å². The molecule has 0 atom stereocenters. The second kappa shape index (κ2) is 7.25. The van der Waals surface area contributed by atoms with Crippen LogP contribution < -0.4 is 10.1 Å². The number of rotatable bonds is 6. The van der Waals surface area contributed by atoms with Crippen molar-refractivity contribution >= 4 is 11.3 Å². The molecule has 22 heavy (non-hydrogen) atoms. The number of ether oxygens (including phenoxy) is 1. The van der Waals surface area contributed by atoms with Gasteiger partial charge >= 0.3 is 0 Å². The van der Waals surface area contributed by atoms with E-state index in [-0.39, 0.29) is 0 Å². The number of methoxy groups -OCH3 is 1. The van der Waals surface area contributed by atoms with E-state index in [1.807, 2.05) is 6.07 Å². The van der Waals surface area contributed by atoms with Gasteiger partial charge < -0.3 is 10.1 Å². The lowest BCUT2D eigenvalue weighted by atomic mass is 10.1. The summed E-state index contributed by atoms with van der Waals surface area (Å²) in [6.45, 7) is 3.11. The highest BCUT2D eigenvalue weighted by atomic mass is 32.1. The first kappa shape index (κ1) is 15.5. The summed E-state index contributed by atoms with van der Waals surface area (Å²) < 4.78 is 5.32. The number of hydrogen-bond acceptors (Lipinski definition) is 4. The standard InChI is InChI=1S/C18H24N2OS/c1-13-11-14(7-8-17(13)21-2)16-12-22-18(20-16)9-10-19-15-5-3-4-6-15/h7-8,11-12,15,19H,3-6,9-10H2,1-2H3. The first-order chi connectivity index (χ1) is 10.8. The lowest BCUT2D eigenvalue weighted by Crippen LogP contribution is -2.27. The topological polar surface area (TPSA) is 34.1 Å². The Hall–Kier alpha value is -1.39. The van der Waals surface area contributed by atoms with Gasteiger partial charge in [0.1, 0.15) is 5.75 Å². The van der Waals surface area contributed by atoms with Gasteiger partial charge in [0.25, 0.3) is 0 Å². The molecule has 3 rings (SSSR count). The first-order valence-electron chi connectivity index (χ1n) is 8.09. The Balaban J connectivity index is 1.59. The maximum absolute atomic E-state index is 5.32. The number of nitrogens with zero attached hydrogens (tertiary/aromatic N) is 1. The van der Waals surface area contributed by atoms with E-state index in [0.717, 1.165) is 36.0 Å². The predicted octanol–water partition coefficient (Wildman–Crippen LogP) is 4.20. The quantitative estimate of drug-likeness (QED) is 0.867. The van der Waals surface area contributed by atoms with Crippen LogP contribution in [0.15, 0.2) is 23.6 Å². The zero-order chi connectivity index (χ0) is 15.4. The van der Waals surface area contributed by atoms with Crippen LogP contribution in [-0.4, -0.2) is 24.7 Å². The molecule has 0 spiro atoms. The second-order valence-corrected chi connectivity index (χ2v) is 6.94. The molecular formula is C18H24N2OS. The lowest BCUT2D eigenvalue weighted by Gasteiger charge is -2.10. The van der Waals surface area contributed by atoms with Crippen molar-refractivity contribution in [3.63, 3.8) is 0 Å². The van der Waals surface area contributed by atoms with Crippen molar-refractivity contribution in [2.75, 3.05) is 13.7 Å². The van der Waals surface area contributed by atoms with Crippen LogP contribution in [0.2, 0.25) is 0 Å². The summed E-state index contributed by atoms with van der Waals surface area (Å²) in [4.78, 5) is 4.78. The Morgan fingerprint density at radius 1 is 1.32 bits per heavy atom. The smallest absolute Gasteiger partial charge is 0.121 e. The van der Waals surface area contributed by atoms with Crippen LogP contribution in [-0.2, 0) is 6.42 Å². The molecule has 0 bridgehead atoms. The predicted molar refractivity (Wildman–Crippen MR) is 92.8 cm³/mol. The van der Waals surface area contributed by atoms with Crippen LogP contribution in [0.4, 0.5) is 0 Å². The van der Waals surface area contributed by atoms with Crippen molar-refractivity contribution in [1.29, 1.82) is 0 Å². The molecule has 4 heteroatoms. The molecule has 1 N–H and O–H groups in total. The van der Waals surface area contributed by atoms with Crippen molar-refractivity contribution in [3.8, 4) is 17.0 Å². The van der Waals surface area contributed by atoms with Crippen molar-refractivity contribution in [2.24, 2.45) is 0 Å². The molecule has 2 aromatic rings. The van der Waals surface area contributed by atoms with Gasteiger partial charge in [-0.1, -0.05) is 12.8 Å². The average Bonchev–Trinajstić information content (AvgIpc) is 3.19. The van der Waals surface area contributed by atoms with Gasteiger partial charge in [0.15, 0.2) is 0 Å². The number of aromatic nitrogens is 1. The zero-order valence-electron chi connectivity index (χ0n) is 13.4. The molecule has 1 aliphatic carbocycles. The molecule has 0 saturated heterocycles. The normalized spacial score (nSPS) is 15.4. The maximum atomic E-state index is 5.32. The highest BCUT2D eigenvalue weighted by molar-refractivity contribution is 7.09. The lowest BCUT2D eigenvalue weighted by molar-refractivity contribution is 0.412. The summed E-state index contributed by atoms with van der Waals surface area (Å²) in [5, 5.41) is 7.03.